The molecule has 0 N–H and O–H groups in total. The van der Waals surface area contributed by atoms with Crippen molar-refractivity contribution in [2.24, 2.45) is 0 Å². The lowest BCUT2D eigenvalue weighted by Crippen LogP contribution is -2.31. The zero-order valence-electron chi connectivity index (χ0n) is 12.0. The molecular formula is C14H17NO6. The molecule has 1 rings (SSSR count). The van der Waals surface area contributed by atoms with Gasteiger partial charge in [0.2, 0.25) is 5.79 Å². The predicted molar refractivity (Wildman–Crippen MR) is 69.7 cm³/mol. The zero-order valence-corrected chi connectivity index (χ0v) is 12.0. The Morgan fingerprint density at radius 1 is 1.38 bits per heavy atom. The number of nitrogens with zero attached hydrogens (tertiary/aromatic N) is 1. The molecule has 0 amide bonds. The first-order valence-electron chi connectivity index (χ1n) is 6.42. The minimum absolute atomic E-state index is 0.0442. The number of rotatable bonds is 6. The Morgan fingerprint density at radius 3 is 2.57 bits per heavy atom. The Bertz CT molecular complexity index is 492. The monoisotopic (exact) mass is 295 g/mol. The Kier molecular flexibility index (Phi) is 6.63. The van der Waals surface area contributed by atoms with Gasteiger partial charge in [-0.3, -0.25) is 4.79 Å². The molecule has 7 nitrogen and oxygen atoms in total. The first-order chi connectivity index (χ1) is 10.1. The summed E-state index contributed by atoms with van der Waals surface area (Å²) in [6, 6.07) is 1.85. The Morgan fingerprint density at radius 2 is 2.05 bits per heavy atom. The van der Waals surface area contributed by atoms with Gasteiger partial charge in [0.25, 0.3) is 0 Å². The second-order valence-corrected chi connectivity index (χ2v) is 4.08. The van der Waals surface area contributed by atoms with Crippen molar-refractivity contribution in [1.82, 2.24) is 0 Å². The molecule has 0 aromatic heterocycles. The summed E-state index contributed by atoms with van der Waals surface area (Å²) < 4.78 is 20.2. The highest BCUT2D eigenvalue weighted by Crippen LogP contribution is 2.25. The van der Waals surface area contributed by atoms with Crippen LogP contribution >= 0.6 is 0 Å². The molecule has 0 aliphatic carbocycles. The van der Waals surface area contributed by atoms with Crippen LogP contribution in [0.1, 0.15) is 19.8 Å². The van der Waals surface area contributed by atoms with Crippen LogP contribution in [0.3, 0.4) is 0 Å². The van der Waals surface area contributed by atoms with Gasteiger partial charge in [0.15, 0.2) is 0 Å². The lowest BCUT2D eigenvalue weighted by atomic mass is 10.1. The molecule has 0 unspecified atom stereocenters. The van der Waals surface area contributed by atoms with Crippen LogP contribution in [0.2, 0.25) is 0 Å². The van der Waals surface area contributed by atoms with Crippen LogP contribution < -0.4 is 0 Å². The highest BCUT2D eigenvalue weighted by molar-refractivity contribution is 5.88. The summed E-state index contributed by atoms with van der Waals surface area (Å²) in [5, 5.41) is 8.72. The van der Waals surface area contributed by atoms with Gasteiger partial charge in [0.1, 0.15) is 6.42 Å². The number of hydrogen-bond acceptors (Lipinski definition) is 7. The lowest BCUT2D eigenvalue weighted by molar-refractivity contribution is -0.162. The van der Waals surface area contributed by atoms with E-state index < -0.39 is 17.7 Å². The van der Waals surface area contributed by atoms with E-state index in [2.05, 4.69) is 10.5 Å². The van der Waals surface area contributed by atoms with E-state index >= 15 is 0 Å². The molecule has 1 aliphatic rings. The number of ether oxygens (including phenoxy) is 4. The molecule has 0 atom stereocenters. The largest absolute Gasteiger partial charge is 0.469 e. The fourth-order valence-corrected chi connectivity index (χ4v) is 1.66. The van der Waals surface area contributed by atoms with Gasteiger partial charge >= 0.3 is 11.9 Å². The molecule has 21 heavy (non-hydrogen) atoms. The maximum Gasteiger partial charge on any atom is 0.342 e. The SMILES string of the molecule is CCOC(=O)C(=C=CC1(CC(=O)OC)OCCO1)CC#N. The number of esters is 2. The van der Waals surface area contributed by atoms with Crippen molar-refractivity contribution < 1.29 is 28.5 Å². The summed E-state index contributed by atoms with van der Waals surface area (Å²) in [7, 11) is 1.25. The average molecular weight is 295 g/mol. The molecular weight excluding hydrogens is 278 g/mol. The Labute approximate surface area is 122 Å². The van der Waals surface area contributed by atoms with Crippen LogP contribution in [-0.4, -0.2) is 44.7 Å². The van der Waals surface area contributed by atoms with Crippen LogP contribution in [0.15, 0.2) is 17.4 Å². The second kappa shape index (κ2) is 8.22. The molecule has 7 heteroatoms. The molecule has 0 spiro atoms. The molecule has 1 saturated heterocycles. The predicted octanol–water partition coefficient (Wildman–Crippen LogP) is 0.851. The number of nitriles is 1. The van der Waals surface area contributed by atoms with Crippen molar-refractivity contribution in [2.75, 3.05) is 26.9 Å². The van der Waals surface area contributed by atoms with E-state index in [1.165, 1.54) is 13.2 Å². The minimum Gasteiger partial charge on any atom is -0.469 e. The van der Waals surface area contributed by atoms with Crippen LogP contribution in [0.4, 0.5) is 0 Å². The van der Waals surface area contributed by atoms with Gasteiger partial charge in [-0.15, -0.1) is 5.73 Å². The fraction of sp³-hybridized carbons (Fsp3) is 0.571. The number of carbonyl (C=O) groups excluding carboxylic acids is 2. The fourth-order valence-electron chi connectivity index (χ4n) is 1.66. The van der Waals surface area contributed by atoms with E-state index in [1.54, 1.807) is 6.92 Å². The third kappa shape index (κ3) is 5.04. The van der Waals surface area contributed by atoms with E-state index in [4.69, 9.17) is 19.5 Å². The Balaban J connectivity index is 3.02. The summed E-state index contributed by atoms with van der Waals surface area (Å²) in [5.41, 5.74) is 2.70. The number of methoxy groups -OCH3 is 1. The molecule has 1 fully saturated rings. The van der Waals surface area contributed by atoms with E-state index in [-0.39, 0.29) is 25.0 Å². The maximum absolute atomic E-state index is 11.7. The summed E-state index contributed by atoms with van der Waals surface area (Å²) in [6.07, 6.45) is 0.989. The van der Waals surface area contributed by atoms with Crippen LogP contribution in [-0.2, 0) is 28.5 Å². The van der Waals surface area contributed by atoms with Crippen molar-refractivity contribution >= 4 is 11.9 Å². The smallest absolute Gasteiger partial charge is 0.342 e. The third-order valence-electron chi connectivity index (χ3n) is 2.64. The van der Waals surface area contributed by atoms with E-state index in [1.807, 2.05) is 6.07 Å². The van der Waals surface area contributed by atoms with Crippen molar-refractivity contribution in [3.05, 3.63) is 17.4 Å². The standard InChI is InChI=1S/C14H17NO6/c1-3-19-13(17)11(5-7-15)4-6-14(10-12(16)18-2)20-8-9-21-14/h6H,3,5,8-10H2,1-2H3. The van der Waals surface area contributed by atoms with Crippen LogP contribution in [0.5, 0.6) is 0 Å². The van der Waals surface area contributed by atoms with Crippen molar-refractivity contribution in [2.45, 2.75) is 25.6 Å². The van der Waals surface area contributed by atoms with Crippen LogP contribution in [0, 0.1) is 11.3 Å². The van der Waals surface area contributed by atoms with Crippen molar-refractivity contribution in [3.63, 3.8) is 0 Å². The first kappa shape index (κ1) is 16.9. The van der Waals surface area contributed by atoms with Gasteiger partial charge in [-0.25, -0.2) is 4.79 Å². The van der Waals surface area contributed by atoms with Gasteiger partial charge in [-0.2, -0.15) is 5.26 Å². The van der Waals surface area contributed by atoms with Crippen LogP contribution in [0.25, 0.3) is 0 Å². The lowest BCUT2D eigenvalue weighted by Gasteiger charge is -2.21. The molecule has 0 radical (unpaired) electrons. The van der Waals surface area contributed by atoms with E-state index in [0.717, 1.165) is 0 Å². The topological polar surface area (TPSA) is 94.9 Å². The summed E-state index contributed by atoms with van der Waals surface area (Å²) in [6.45, 7) is 2.47. The van der Waals surface area contributed by atoms with E-state index in [0.29, 0.717) is 13.2 Å². The summed E-state index contributed by atoms with van der Waals surface area (Å²) >= 11 is 0. The molecule has 1 heterocycles. The van der Waals surface area contributed by atoms with Crippen molar-refractivity contribution in [1.29, 1.82) is 5.26 Å². The highest BCUT2D eigenvalue weighted by atomic mass is 16.7. The van der Waals surface area contributed by atoms with Gasteiger partial charge in [0, 0.05) is 6.08 Å². The Hall–Kier alpha value is -2.13. The van der Waals surface area contributed by atoms with Gasteiger partial charge in [-0.1, -0.05) is 0 Å². The quantitative estimate of drug-likeness (QED) is 0.407. The van der Waals surface area contributed by atoms with Crippen molar-refractivity contribution in [3.8, 4) is 6.07 Å². The third-order valence-corrected chi connectivity index (χ3v) is 2.64. The number of hydrogen-bond donors (Lipinski definition) is 0. The van der Waals surface area contributed by atoms with Gasteiger partial charge in [0.05, 0.1) is 45.0 Å². The van der Waals surface area contributed by atoms with Gasteiger partial charge < -0.3 is 18.9 Å². The summed E-state index contributed by atoms with van der Waals surface area (Å²) in [5.74, 6) is -2.48. The second-order valence-electron chi connectivity index (χ2n) is 4.08. The first-order valence-corrected chi connectivity index (χ1v) is 6.42. The average Bonchev–Trinajstić information content (AvgIpc) is 2.92. The summed E-state index contributed by atoms with van der Waals surface area (Å²) in [4.78, 5) is 23.1. The molecule has 114 valence electrons. The number of carbonyl (C=O) groups is 2. The van der Waals surface area contributed by atoms with E-state index in [9.17, 15) is 9.59 Å². The molecule has 1 aliphatic heterocycles. The molecule has 0 bridgehead atoms. The molecule has 0 aromatic carbocycles. The molecule has 0 saturated carbocycles. The minimum atomic E-state index is -1.32. The normalized spacial score (nSPS) is 15.5. The maximum atomic E-state index is 11.7. The zero-order chi connectivity index (χ0) is 15.7. The molecule has 0 aromatic rings. The van der Waals surface area contributed by atoms with Gasteiger partial charge in [-0.05, 0) is 6.92 Å². The highest BCUT2D eigenvalue weighted by Gasteiger charge is 2.37.